The third-order valence-electron chi connectivity index (χ3n) is 4.27. The lowest BCUT2D eigenvalue weighted by Crippen LogP contribution is -2.36. The molecule has 2 amide bonds. The number of hydrogen-bond acceptors (Lipinski definition) is 4. The van der Waals surface area contributed by atoms with Crippen LogP contribution in [0.25, 0.3) is 0 Å². The van der Waals surface area contributed by atoms with Crippen molar-refractivity contribution in [1.29, 1.82) is 0 Å². The van der Waals surface area contributed by atoms with Gasteiger partial charge in [0.25, 0.3) is 0 Å². The second kappa shape index (κ2) is 9.07. The quantitative estimate of drug-likeness (QED) is 0.812. The van der Waals surface area contributed by atoms with Gasteiger partial charge in [-0.05, 0) is 48.7 Å². The van der Waals surface area contributed by atoms with Gasteiger partial charge in [0.2, 0.25) is 11.8 Å². The molecule has 0 spiro atoms. The second-order valence-electron chi connectivity index (χ2n) is 6.43. The number of amides is 2. The molecule has 2 rings (SSSR count). The van der Waals surface area contributed by atoms with E-state index in [-0.39, 0.29) is 18.4 Å². The van der Waals surface area contributed by atoms with Crippen molar-refractivity contribution in [3.63, 3.8) is 0 Å². The zero-order valence-electron chi connectivity index (χ0n) is 16.5. The van der Waals surface area contributed by atoms with Crippen molar-refractivity contribution in [3.8, 4) is 11.5 Å². The standard InChI is InChI=1S/C21H26N2O4/c1-14-6-7-15(2)18(10-14)22-21(25)13-23(16(3)24)12-17-8-9-19(26-4)20(11-17)27-5/h6-11H,12-13H2,1-5H3,(H,22,25). The van der Waals surface area contributed by atoms with E-state index in [1.165, 1.54) is 11.8 Å². The first-order valence-corrected chi connectivity index (χ1v) is 8.67. The highest BCUT2D eigenvalue weighted by Crippen LogP contribution is 2.28. The molecule has 0 atom stereocenters. The van der Waals surface area contributed by atoms with E-state index >= 15 is 0 Å². The van der Waals surface area contributed by atoms with Gasteiger partial charge in [-0.15, -0.1) is 0 Å². The van der Waals surface area contributed by atoms with Crippen molar-refractivity contribution in [2.45, 2.75) is 27.3 Å². The molecule has 0 radical (unpaired) electrons. The molecule has 2 aromatic rings. The average Bonchev–Trinajstić information content (AvgIpc) is 2.63. The van der Waals surface area contributed by atoms with Crippen LogP contribution in [0.3, 0.4) is 0 Å². The number of ether oxygens (including phenoxy) is 2. The van der Waals surface area contributed by atoms with Crippen LogP contribution in [-0.4, -0.2) is 37.5 Å². The Morgan fingerprint density at radius 3 is 2.33 bits per heavy atom. The topological polar surface area (TPSA) is 67.9 Å². The molecule has 0 fully saturated rings. The molecule has 6 heteroatoms. The van der Waals surface area contributed by atoms with Gasteiger partial charge in [-0.2, -0.15) is 0 Å². The lowest BCUT2D eigenvalue weighted by atomic mass is 10.1. The number of nitrogens with zero attached hydrogens (tertiary/aromatic N) is 1. The van der Waals surface area contributed by atoms with Crippen LogP contribution in [0.2, 0.25) is 0 Å². The summed E-state index contributed by atoms with van der Waals surface area (Å²) in [5.74, 6) is 0.780. The van der Waals surface area contributed by atoms with Crippen LogP contribution in [0.4, 0.5) is 5.69 Å². The summed E-state index contributed by atoms with van der Waals surface area (Å²) < 4.78 is 10.5. The van der Waals surface area contributed by atoms with Crippen molar-refractivity contribution in [2.24, 2.45) is 0 Å². The predicted octanol–water partition coefficient (Wildman–Crippen LogP) is 3.31. The minimum Gasteiger partial charge on any atom is -0.493 e. The Morgan fingerprint density at radius 1 is 1.00 bits per heavy atom. The molecule has 0 saturated carbocycles. The molecular formula is C21H26N2O4. The summed E-state index contributed by atoms with van der Waals surface area (Å²) >= 11 is 0. The minimum atomic E-state index is -0.237. The normalized spacial score (nSPS) is 10.3. The van der Waals surface area contributed by atoms with Crippen molar-refractivity contribution in [3.05, 3.63) is 53.1 Å². The molecule has 144 valence electrons. The molecule has 6 nitrogen and oxygen atoms in total. The van der Waals surface area contributed by atoms with Gasteiger partial charge in [-0.25, -0.2) is 0 Å². The molecule has 0 aromatic heterocycles. The third kappa shape index (κ3) is 5.48. The first kappa shape index (κ1) is 20.3. The van der Waals surface area contributed by atoms with Crippen LogP contribution in [0.5, 0.6) is 11.5 Å². The average molecular weight is 370 g/mol. The number of carbonyl (C=O) groups is 2. The van der Waals surface area contributed by atoms with E-state index in [4.69, 9.17) is 9.47 Å². The Kier molecular flexibility index (Phi) is 6.82. The van der Waals surface area contributed by atoms with E-state index < -0.39 is 0 Å². The van der Waals surface area contributed by atoms with Crippen LogP contribution in [-0.2, 0) is 16.1 Å². The molecule has 2 aromatic carbocycles. The molecule has 27 heavy (non-hydrogen) atoms. The maximum atomic E-state index is 12.5. The summed E-state index contributed by atoms with van der Waals surface area (Å²) in [5.41, 5.74) is 3.64. The second-order valence-corrected chi connectivity index (χ2v) is 6.43. The molecule has 0 aliphatic carbocycles. The Balaban J connectivity index is 2.10. The van der Waals surface area contributed by atoms with Gasteiger partial charge in [0.15, 0.2) is 11.5 Å². The summed E-state index contributed by atoms with van der Waals surface area (Å²) in [4.78, 5) is 26.0. The predicted molar refractivity (Wildman–Crippen MR) is 105 cm³/mol. The fourth-order valence-electron chi connectivity index (χ4n) is 2.71. The monoisotopic (exact) mass is 370 g/mol. The smallest absolute Gasteiger partial charge is 0.244 e. The summed E-state index contributed by atoms with van der Waals surface area (Å²) in [6, 6.07) is 11.3. The summed E-state index contributed by atoms with van der Waals surface area (Å²) in [7, 11) is 3.12. The third-order valence-corrected chi connectivity index (χ3v) is 4.27. The van der Waals surface area contributed by atoms with Gasteiger partial charge in [-0.3, -0.25) is 9.59 Å². The van der Waals surface area contributed by atoms with Gasteiger partial charge in [0.05, 0.1) is 14.2 Å². The van der Waals surface area contributed by atoms with E-state index in [9.17, 15) is 9.59 Å². The number of hydrogen-bond donors (Lipinski definition) is 1. The van der Waals surface area contributed by atoms with E-state index in [2.05, 4.69) is 5.32 Å². The van der Waals surface area contributed by atoms with Crippen LogP contribution >= 0.6 is 0 Å². The number of rotatable bonds is 7. The largest absolute Gasteiger partial charge is 0.493 e. The Bertz CT molecular complexity index is 833. The summed E-state index contributed by atoms with van der Waals surface area (Å²) in [5, 5.41) is 2.89. The SMILES string of the molecule is COc1ccc(CN(CC(=O)Nc2cc(C)ccc2C)C(C)=O)cc1OC. The van der Waals surface area contributed by atoms with Crippen molar-refractivity contribution >= 4 is 17.5 Å². The highest BCUT2D eigenvalue weighted by atomic mass is 16.5. The summed E-state index contributed by atoms with van der Waals surface area (Å²) in [6.45, 7) is 5.62. The molecule has 0 aliphatic rings. The van der Waals surface area contributed by atoms with E-state index in [0.29, 0.717) is 18.0 Å². The summed E-state index contributed by atoms with van der Waals surface area (Å²) in [6.07, 6.45) is 0. The Hall–Kier alpha value is -3.02. The number of carbonyl (C=O) groups excluding carboxylic acids is 2. The van der Waals surface area contributed by atoms with Gasteiger partial charge in [-0.1, -0.05) is 18.2 Å². The molecule has 0 heterocycles. The molecule has 0 aliphatic heterocycles. The fraction of sp³-hybridized carbons (Fsp3) is 0.333. The van der Waals surface area contributed by atoms with Crippen molar-refractivity contribution in [2.75, 3.05) is 26.1 Å². The van der Waals surface area contributed by atoms with Crippen molar-refractivity contribution < 1.29 is 19.1 Å². The molecule has 0 bridgehead atoms. The zero-order valence-corrected chi connectivity index (χ0v) is 16.5. The zero-order chi connectivity index (χ0) is 20.0. The van der Waals surface area contributed by atoms with Gasteiger partial charge in [0, 0.05) is 19.2 Å². The maximum absolute atomic E-state index is 12.5. The van der Waals surface area contributed by atoms with Crippen LogP contribution in [0.15, 0.2) is 36.4 Å². The fourth-order valence-corrected chi connectivity index (χ4v) is 2.71. The number of nitrogens with one attached hydrogen (secondary N) is 1. The lowest BCUT2D eigenvalue weighted by molar-refractivity contribution is -0.133. The van der Waals surface area contributed by atoms with E-state index in [0.717, 1.165) is 22.4 Å². The van der Waals surface area contributed by atoms with Crippen LogP contribution in [0.1, 0.15) is 23.6 Å². The molecule has 0 unspecified atom stereocenters. The Morgan fingerprint density at radius 2 is 1.70 bits per heavy atom. The lowest BCUT2D eigenvalue weighted by Gasteiger charge is -2.21. The van der Waals surface area contributed by atoms with Crippen LogP contribution < -0.4 is 14.8 Å². The first-order chi connectivity index (χ1) is 12.8. The number of methoxy groups -OCH3 is 2. The minimum absolute atomic E-state index is 0.0307. The van der Waals surface area contributed by atoms with Gasteiger partial charge >= 0.3 is 0 Å². The van der Waals surface area contributed by atoms with Crippen LogP contribution in [0, 0.1) is 13.8 Å². The maximum Gasteiger partial charge on any atom is 0.244 e. The number of benzene rings is 2. The highest BCUT2D eigenvalue weighted by molar-refractivity contribution is 5.95. The highest BCUT2D eigenvalue weighted by Gasteiger charge is 2.16. The molecular weight excluding hydrogens is 344 g/mol. The van der Waals surface area contributed by atoms with E-state index in [1.807, 2.05) is 38.1 Å². The van der Waals surface area contributed by atoms with Gasteiger partial charge in [0.1, 0.15) is 6.54 Å². The first-order valence-electron chi connectivity index (χ1n) is 8.67. The number of anilines is 1. The van der Waals surface area contributed by atoms with Crippen molar-refractivity contribution in [1.82, 2.24) is 4.90 Å². The Labute approximate surface area is 160 Å². The van der Waals surface area contributed by atoms with Gasteiger partial charge < -0.3 is 19.7 Å². The van der Waals surface area contributed by atoms with E-state index in [1.54, 1.807) is 26.4 Å². The molecule has 1 N–H and O–H groups in total. The molecule has 0 saturated heterocycles. The number of aryl methyl sites for hydroxylation is 2.